The molecule has 0 aromatic heterocycles. The maximum atomic E-state index is 12.4. The molecule has 352 valence electrons. The molecule has 0 heterocycles. The van der Waals surface area contributed by atoms with E-state index in [0.29, 0.717) is 6.42 Å². The predicted molar refractivity (Wildman–Crippen MR) is 267 cm³/mol. The Morgan fingerprint density at radius 2 is 0.700 bits per heavy atom. The molecule has 60 heavy (non-hydrogen) atoms. The van der Waals surface area contributed by atoms with E-state index in [1.54, 1.807) is 6.08 Å². The molecule has 0 aliphatic rings. The molecule has 0 spiro atoms. The first-order valence-electron chi connectivity index (χ1n) is 26.9. The second-order valence-electron chi connectivity index (χ2n) is 18.3. The van der Waals surface area contributed by atoms with E-state index >= 15 is 0 Å². The molecule has 0 aromatic carbocycles. The van der Waals surface area contributed by atoms with Gasteiger partial charge < -0.3 is 15.5 Å². The second kappa shape index (κ2) is 51.7. The molecule has 2 atom stereocenters. The smallest absolute Gasteiger partial charge is 0.220 e. The van der Waals surface area contributed by atoms with Crippen molar-refractivity contribution in [3.8, 4) is 0 Å². The molecule has 0 aliphatic carbocycles. The number of nitrogens with one attached hydrogen (secondary N) is 1. The van der Waals surface area contributed by atoms with Gasteiger partial charge in [-0.15, -0.1) is 0 Å². The summed E-state index contributed by atoms with van der Waals surface area (Å²) in [6.45, 7) is 4.32. The Balaban J connectivity index is 3.53. The fourth-order valence-electron chi connectivity index (χ4n) is 8.17. The van der Waals surface area contributed by atoms with Crippen LogP contribution >= 0.6 is 0 Å². The van der Waals surface area contributed by atoms with Gasteiger partial charge in [0.25, 0.3) is 0 Å². The highest BCUT2D eigenvalue weighted by Crippen LogP contribution is 2.16. The molecule has 2 unspecified atom stereocenters. The van der Waals surface area contributed by atoms with Crippen molar-refractivity contribution in [3.05, 3.63) is 48.6 Å². The van der Waals surface area contributed by atoms with Gasteiger partial charge >= 0.3 is 0 Å². The Kier molecular flexibility index (Phi) is 50.3. The first-order chi connectivity index (χ1) is 29.7. The third-order valence-electron chi connectivity index (χ3n) is 12.3. The zero-order valence-corrected chi connectivity index (χ0v) is 40.5. The van der Waals surface area contributed by atoms with Crippen LogP contribution in [0.2, 0.25) is 0 Å². The fourth-order valence-corrected chi connectivity index (χ4v) is 8.17. The lowest BCUT2D eigenvalue weighted by molar-refractivity contribution is -0.123. The highest BCUT2D eigenvalue weighted by Gasteiger charge is 2.17. The van der Waals surface area contributed by atoms with Crippen molar-refractivity contribution in [2.45, 2.75) is 296 Å². The van der Waals surface area contributed by atoms with Gasteiger partial charge in [-0.1, -0.05) is 262 Å². The van der Waals surface area contributed by atoms with Gasteiger partial charge in [-0.05, 0) is 64.2 Å². The van der Waals surface area contributed by atoms with E-state index in [4.69, 9.17) is 0 Å². The zero-order chi connectivity index (χ0) is 43.5. The van der Waals surface area contributed by atoms with Crippen LogP contribution in [-0.4, -0.2) is 34.9 Å². The van der Waals surface area contributed by atoms with Gasteiger partial charge in [0.2, 0.25) is 5.91 Å². The maximum absolute atomic E-state index is 12.4. The zero-order valence-electron chi connectivity index (χ0n) is 40.5. The molecular formula is C56H105NO3. The van der Waals surface area contributed by atoms with Gasteiger partial charge in [0, 0.05) is 6.42 Å². The van der Waals surface area contributed by atoms with E-state index in [-0.39, 0.29) is 12.5 Å². The first kappa shape index (κ1) is 58.4. The quantitative estimate of drug-likeness (QED) is 0.0422. The molecule has 0 aliphatic heterocycles. The maximum Gasteiger partial charge on any atom is 0.220 e. The molecule has 4 heteroatoms. The van der Waals surface area contributed by atoms with Crippen LogP contribution in [0.3, 0.4) is 0 Å². The van der Waals surface area contributed by atoms with Crippen molar-refractivity contribution >= 4 is 5.91 Å². The van der Waals surface area contributed by atoms with Crippen LogP contribution in [-0.2, 0) is 4.79 Å². The molecule has 0 bridgehead atoms. The lowest BCUT2D eigenvalue weighted by Gasteiger charge is -2.19. The largest absolute Gasteiger partial charge is 0.394 e. The molecular weight excluding hydrogens is 735 g/mol. The second-order valence-corrected chi connectivity index (χ2v) is 18.3. The van der Waals surface area contributed by atoms with E-state index in [9.17, 15) is 15.0 Å². The third-order valence-corrected chi connectivity index (χ3v) is 12.3. The van der Waals surface area contributed by atoms with Crippen LogP contribution in [0.5, 0.6) is 0 Å². The number of allylic oxidation sites excluding steroid dienone is 7. The summed E-state index contributed by atoms with van der Waals surface area (Å²) >= 11 is 0. The Hall–Kier alpha value is -1.65. The highest BCUT2D eigenvalue weighted by molar-refractivity contribution is 5.76. The summed E-state index contributed by atoms with van der Waals surface area (Å²) in [5.41, 5.74) is 0. The minimum Gasteiger partial charge on any atom is -0.394 e. The minimum absolute atomic E-state index is 0.0727. The van der Waals surface area contributed by atoms with Gasteiger partial charge in [-0.25, -0.2) is 0 Å². The van der Waals surface area contributed by atoms with E-state index in [0.717, 1.165) is 38.5 Å². The van der Waals surface area contributed by atoms with Crippen molar-refractivity contribution in [3.63, 3.8) is 0 Å². The average Bonchev–Trinajstić information content (AvgIpc) is 3.25. The van der Waals surface area contributed by atoms with Crippen LogP contribution in [0, 0.1) is 0 Å². The molecule has 3 N–H and O–H groups in total. The molecule has 0 radical (unpaired) electrons. The number of aliphatic hydroxyl groups is 2. The monoisotopic (exact) mass is 840 g/mol. The summed E-state index contributed by atoms with van der Waals surface area (Å²) in [6.07, 6.45) is 71.2. The summed E-state index contributed by atoms with van der Waals surface area (Å²) < 4.78 is 0. The van der Waals surface area contributed by atoms with Crippen LogP contribution < -0.4 is 5.32 Å². The summed E-state index contributed by atoms with van der Waals surface area (Å²) in [4.78, 5) is 12.4. The van der Waals surface area contributed by atoms with Crippen LogP contribution in [0.15, 0.2) is 48.6 Å². The van der Waals surface area contributed by atoms with Gasteiger partial charge in [-0.2, -0.15) is 0 Å². The van der Waals surface area contributed by atoms with Crippen molar-refractivity contribution < 1.29 is 15.0 Å². The summed E-state index contributed by atoms with van der Waals surface area (Å²) in [7, 11) is 0. The number of rotatable bonds is 49. The van der Waals surface area contributed by atoms with Crippen molar-refractivity contribution in [1.29, 1.82) is 0 Å². The highest BCUT2D eigenvalue weighted by atomic mass is 16.3. The predicted octanol–water partition coefficient (Wildman–Crippen LogP) is 17.5. The lowest BCUT2D eigenvalue weighted by atomic mass is 10.0. The van der Waals surface area contributed by atoms with Gasteiger partial charge in [0.05, 0.1) is 18.8 Å². The number of carbonyl (C=O) groups is 1. The van der Waals surface area contributed by atoms with Gasteiger partial charge in [-0.3, -0.25) is 4.79 Å². The molecule has 0 aromatic rings. The Morgan fingerprint density at radius 3 is 1.07 bits per heavy atom. The average molecular weight is 840 g/mol. The summed E-state index contributed by atoms with van der Waals surface area (Å²) in [5.74, 6) is -0.0727. The molecule has 4 nitrogen and oxygen atoms in total. The van der Waals surface area contributed by atoms with Gasteiger partial charge in [0.15, 0.2) is 0 Å². The lowest BCUT2D eigenvalue weighted by Crippen LogP contribution is -2.45. The van der Waals surface area contributed by atoms with Crippen LogP contribution in [0.4, 0.5) is 0 Å². The number of aliphatic hydroxyl groups excluding tert-OH is 2. The third kappa shape index (κ3) is 47.4. The SMILES string of the molecule is CCCCCCCCCCC/C=C\C/C=C\CCCCCCCCCCCCCCCC(=O)NC(CO)C(O)/C=C/CC/C=C/CCCCCCCCCCCCCCC. The molecule has 1 amide bonds. The standard InChI is InChI=1S/C56H105NO3/c1-3-5-7-9-11-13-15-17-19-21-23-24-25-26-27-28-29-30-31-32-34-36-38-40-42-44-46-48-50-52-56(60)57-54(53-58)55(59)51-49-47-45-43-41-39-37-35-33-22-20-18-16-14-12-10-8-6-4-2/h23-24,26-27,41,43,49,51,54-55,58-59H,3-22,25,28-40,42,44-48,50,52-53H2,1-2H3,(H,57,60)/b24-23-,27-26-,43-41+,51-49+. The van der Waals surface area contributed by atoms with E-state index in [2.05, 4.69) is 55.6 Å². The molecule has 0 fully saturated rings. The summed E-state index contributed by atoms with van der Waals surface area (Å²) in [6, 6.07) is -0.640. The topological polar surface area (TPSA) is 69.6 Å². The minimum atomic E-state index is -0.863. The number of carbonyl (C=O) groups excluding carboxylic acids is 1. The molecule has 0 saturated carbocycles. The van der Waals surface area contributed by atoms with Crippen LogP contribution in [0.25, 0.3) is 0 Å². The fraction of sp³-hybridized carbons (Fsp3) is 0.839. The Labute approximate surface area is 375 Å². The number of unbranched alkanes of at least 4 members (excludes halogenated alkanes) is 36. The van der Waals surface area contributed by atoms with Crippen molar-refractivity contribution in [2.24, 2.45) is 0 Å². The van der Waals surface area contributed by atoms with Crippen molar-refractivity contribution in [1.82, 2.24) is 5.32 Å². The van der Waals surface area contributed by atoms with Crippen LogP contribution in [0.1, 0.15) is 284 Å². The molecule has 0 saturated heterocycles. The number of hydrogen-bond acceptors (Lipinski definition) is 3. The number of hydrogen-bond donors (Lipinski definition) is 3. The Bertz CT molecular complexity index is 954. The van der Waals surface area contributed by atoms with E-state index in [1.807, 2.05) is 6.08 Å². The van der Waals surface area contributed by atoms with Gasteiger partial charge in [0.1, 0.15) is 0 Å². The normalized spacial score (nSPS) is 13.2. The Morgan fingerprint density at radius 1 is 0.400 bits per heavy atom. The van der Waals surface area contributed by atoms with Crippen molar-refractivity contribution in [2.75, 3.05) is 6.61 Å². The first-order valence-corrected chi connectivity index (χ1v) is 26.9. The summed E-state index contributed by atoms with van der Waals surface area (Å²) in [5, 5.41) is 23.1. The van der Waals surface area contributed by atoms with E-state index < -0.39 is 12.1 Å². The molecule has 0 rings (SSSR count). The number of amides is 1. The van der Waals surface area contributed by atoms with E-state index in [1.165, 1.54) is 225 Å².